The van der Waals surface area contributed by atoms with Crippen molar-refractivity contribution in [2.24, 2.45) is 0 Å². The highest BCUT2D eigenvalue weighted by molar-refractivity contribution is 5.96. The Morgan fingerprint density at radius 3 is 1.35 bits per heavy atom. The summed E-state index contributed by atoms with van der Waals surface area (Å²) in [7, 11) is 0. The number of carbonyl (C=O) groups excluding carboxylic acids is 2. The molecule has 0 aliphatic heterocycles. The van der Waals surface area contributed by atoms with Gasteiger partial charge in [-0.25, -0.2) is 9.59 Å². The molecule has 4 heteroatoms. The van der Waals surface area contributed by atoms with E-state index in [1.807, 2.05) is 71.9 Å². The third-order valence-corrected chi connectivity index (χ3v) is 5.98. The Morgan fingerprint density at radius 2 is 0.971 bits per heavy atom. The number of aryl methyl sites for hydroxylation is 6. The first-order valence-electron chi connectivity index (χ1n) is 11.5. The molecule has 0 amide bonds. The van der Waals surface area contributed by atoms with E-state index in [4.69, 9.17) is 9.47 Å². The molecule has 0 N–H and O–H groups in total. The Morgan fingerprint density at radius 1 is 0.588 bits per heavy atom. The van der Waals surface area contributed by atoms with Crippen LogP contribution in [0.3, 0.4) is 0 Å². The monoisotopic (exact) mass is 458 g/mol. The quantitative estimate of drug-likeness (QED) is 0.305. The lowest BCUT2D eigenvalue weighted by atomic mass is 9.87. The zero-order valence-corrected chi connectivity index (χ0v) is 21.7. The van der Waals surface area contributed by atoms with Gasteiger partial charge in [0.25, 0.3) is 0 Å². The smallest absolute Gasteiger partial charge is 0.344 e. The summed E-state index contributed by atoms with van der Waals surface area (Å²) in [5, 5.41) is 0. The fraction of sp³-hybridized carbons (Fsp3) is 0.333. The molecule has 0 saturated heterocycles. The summed E-state index contributed by atoms with van der Waals surface area (Å²) in [6, 6.07) is 13.2. The molecule has 0 heterocycles. The van der Waals surface area contributed by atoms with E-state index in [0.29, 0.717) is 11.1 Å². The third kappa shape index (κ3) is 5.39. The van der Waals surface area contributed by atoms with Crippen molar-refractivity contribution in [2.75, 3.05) is 0 Å². The van der Waals surface area contributed by atoms with Crippen molar-refractivity contribution in [3.8, 4) is 11.5 Å². The predicted molar refractivity (Wildman–Crippen MR) is 136 cm³/mol. The van der Waals surface area contributed by atoms with Gasteiger partial charge >= 0.3 is 11.9 Å². The van der Waals surface area contributed by atoms with Gasteiger partial charge in [0, 0.05) is 0 Å². The second-order valence-electron chi connectivity index (χ2n) is 10.2. The largest absolute Gasteiger partial charge is 0.419 e. The summed E-state index contributed by atoms with van der Waals surface area (Å²) >= 11 is 0. The molecular weight excluding hydrogens is 424 g/mol. The maximum Gasteiger partial charge on any atom is 0.344 e. The third-order valence-electron chi connectivity index (χ3n) is 5.98. The molecule has 0 fully saturated rings. The van der Waals surface area contributed by atoms with Gasteiger partial charge in [-0.15, -0.1) is 0 Å². The van der Waals surface area contributed by atoms with Gasteiger partial charge in [0.15, 0.2) is 11.5 Å². The van der Waals surface area contributed by atoms with Crippen LogP contribution < -0.4 is 9.47 Å². The average molecular weight is 459 g/mol. The highest BCUT2D eigenvalue weighted by atomic mass is 16.6. The Balaban J connectivity index is 2.03. The van der Waals surface area contributed by atoms with Crippen LogP contribution in [0.4, 0.5) is 0 Å². The van der Waals surface area contributed by atoms with Crippen molar-refractivity contribution < 1.29 is 19.1 Å². The van der Waals surface area contributed by atoms with Gasteiger partial charge < -0.3 is 9.47 Å². The van der Waals surface area contributed by atoms with E-state index < -0.39 is 11.9 Å². The maximum atomic E-state index is 13.2. The highest BCUT2D eigenvalue weighted by Gasteiger charge is 2.23. The van der Waals surface area contributed by atoms with Crippen LogP contribution in [0, 0.1) is 41.5 Å². The minimum atomic E-state index is -0.474. The number of rotatable bonds is 4. The van der Waals surface area contributed by atoms with Gasteiger partial charge in [0.2, 0.25) is 0 Å². The van der Waals surface area contributed by atoms with E-state index >= 15 is 0 Å². The van der Waals surface area contributed by atoms with Crippen molar-refractivity contribution in [2.45, 2.75) is 67.7 Å². The number of esters is 2. The molecule has 0 aliphatic carbocycles. The number of benzene rings is 3. The van der Waals surface area contributed by atoms with E-state index in [2.05, 4.69) is 20.8 Å². The van der Waals surface area contributed by atoms with Crippen LogP contribution in [0.25, 0.3) is 0 Å². The molecule has 0 radical (unpaired) electrons. The lowest BCUT2D eigenvalue weighted by Crippen LogP contribution is -2.17. The average Bonchev–Trinajstić information content (AvgIpc) is 2.66. The minimum Gasteiger partial charge on any atom is -0.419 e. The molecule has 34 heavy (non-hydrogen) atoms. The minimum absolute atomic E-state index is 0.177. The zero-order valence-electron chi connectivity index (χ0n) is 21.7. The van der Waals surface area contributed by atoms with Crippen LogP contribution in [-0.4, -0.2) is 11.9 Å². The first kappa shape index (κ1) is 25.2. The summed E-state index contributed by atoms with van der Waals surface area (Å²) in [5.74, 6) is -0.500. The van der Waals surface area contributed by atoms with Crippen LogP contribution in [0.5, 0.6) is 11.5 Å². The Hall–Kier alpha value is -3.40. The van der Waals surface area contributed by atoms with Gasteiger partial charge in [-0.3, -0.25) is 0 Å². The Kier molecular flexibility index (Phi) is 7.02. The summed E-state index contributed by atoms with van der Waals surface area (Å²) in [4.78, 5) is 26.4. The molecule has 3 aromatic rings. The van der Waals surface area contributed by atoms with Gasteiger partial charge in [-0.05, 0) is 86.9 Å². The van der Waals surface area contributed by atoms with Gasteiger partial charge in [0.05, 0.1) is 11.1 Å². The van der Waals surface area contributed by atoms with Crippen LogP contribution in [0.15, 0.2) is 42.5 Å². The van der Waals surface area contributed by atoms with E-state index in [0.717, 1.165) is 38.9 Å². The van der Waals surface area contributed by atoms with E-state index in [-0.39, 0.29) is 16.9 Å². The molecule has 0 saturated carbocycles. The van der Waals surface area contributed by atoms with Crippen molar-refractivity contribution >= 4 is 11.9 Å². The molecule has 0 bridgehead atoms. The first-order chi connectivity index (χ1) is 15.8. The Labute approximate surface area is 202 Å². The molecule has 3 aromatic carbocycles. The van der Waals surface area contributed by atoms with E-state index in [1.165, 1.54) is 0 Å². The number of hydrogen-bond donors (Lipinski definition) is 0. The second kappa shape index (κ2) is 9.46. The summed E-state index contributed by atoms with van der Waals surface area (Å²) in [6.07, 6.45) is 0. The highest BCUT2D eigenvalue weighted by Crippen LogP contribution is 2.35. The standard InChI is InChI=1S/C30H34O4/c1-17-12-19(3)26(20(4)13-17)28(31)33-24-11-10-23(30(7,8)9)16-25(24)34-29(32)27-21(5)14-18(2)15-22(27)6/h10-16H,1-9H3. The predicted octanol–water partition coefficient (Wildman–Crippen LogP) is 7.27. The topological polar surface area (TPSA) is 52.6 Å². The van der Waals surface area contributed by atoms with Gasteiger partial charge in [0.1, 0.15) is 0 Å². The molecule has 0 unspecified atom stereocenters. The maximum absolute atomic E-state index is 13.2. The molecular formula is C30H34O4. The van der Waals surface area contributed by atoms with E-state index in [1.54, 1.807) is 12.1 Å². The molecule has 0 aromatic heterocycles. The zero-order chi connectivity index (χ0) is 25.4. The summed E-state index contributed by atoms with van der Waals surface area (Å²) in [6.45, 7) is 17.8. The molecule has 0 aliphatic rings. The van der Waals surface area contributed by atoms with Crippen LogP contribution in [-0.2, 0) is 5.41 Å². The molecule has 0 spiro atoms. The molecule has 4 nitrogen and oxygen atoms in total. The second-order valence-corrected chi connectivity index (χ2v) is 10.2. The normalized spacial score (nSPS) is 11.3. The van der Waals surface area contributed by atoms with Crippen molar-refractivity contribution in [1.82, 2.24) is 0 Å². The molecule has 3 rings (SSSR count). The first-order valence-corrected chi connectivity index (χ1v) is 11.5. The molecule has 0 atom stereocenters. The Bertz CT molecular complexity index is 1230. The summed E-state index contributed by atoms with van der Waals surface area (Å²) < 4.78 is 11.7. The van der Waals surface area contributed by atoms with Crippen LogP contribution >= 0.6 is 0 Å². The lowest BCUT2D eigenvalue weighted by Gasteiger charge is -2.21. The van der Waals surface area contributed by atoms with Crippen LogP contribution in [0.1, 0.15) is 80.4 Å². The molecule has 178 valence electrons. The van der Waals surface area contributed by atoms with Gasteiger partial charge in [-0.1, -0.05) is 62.2 Å². The van der Waals surface area contributed by atoms with Gasteiger partial charge in [-0.2, -0.15) is 0 Å². The van der Waals surface area contributed by atoms with Crippen LogP contribution in [0.2, 0.25) is 0 Å². The summed E-state index contributed by atoms with van der Waals surface area (Å²) in [5.41, 5.74) is 7.38. The SMILES string of the molecule is Cc1cc(C)c(C(=O)Oc2ccc(C(C)(C)C)cc2OC(=O)c2c(C)cc(C)cc2C)c(C)c1. The van der Waals surface area contributed by atoms with E-state index in [9.17, 15) is 9.59 Å². The van der Waals surface area contributed by atoms with Crippen molar-refractivity contribution in [3.05, 3.63) is 92.5 Å². The lowest BCUT2D eigenvalue weighted by molar-refractivity contribution is 0.0680. The van der Waals surface area contributed by atoms with Crippen molar-refractivity contribution in [3.63, 3.8) is 0 Å². The number of hydrogen-bond acceptors (Lipinski definition) is 4. The van der Waals surface area contributed by atoms with Crippen molar-refractivity contribution in [1.29, 1.82) is 0 Å². The fourth-order valence-corrected chi connectivity index (χ4v) is 4.44. The number of carbonyl (C=O) groups is 2. The fourth-order valence-electron chi connectivity index (χ4n) is 4.44. The number of ether oxygens (including phenoxy) is 2.